The van der Waals surface area contributed by atoms with E-state index in [0.29, 0.717) is 32.8 Å². The SMILES string of the molecule is C=CCOC(=O)C1=C(C)Nc2ncnn2[C@H]1c1ccc(Cl)cc1Cl. The Bertz CT molecular complexity index is 844. The van der Waals surface area contributed by atoms with Crippen LogP contribution in [0.4, 0.5) is 5.95 Å². The zero-order chi connectivity index (χ0) is 17.3. The Kier molecular flexibility index (Phi) is 4.59. The third kappa shape index (κ3) is 2.90. The van der Waals surface area contributed by atoms with E-state index in [-0.39, 0.29) is 6.61 Å². The number of carbonyl (C=O) groups is 1. The van der Waals surface area contributed by atoms with Gasteiger partial charge in [-0.05, 0) is 19.1 Å². The summed E-state index contributed by atoms with van der Waals surface area (Å²) in [6.07, 6.45) is 2.92. The van der Waals surface area contributed by atoms with Crippen LogP contribution in [-0.2, 0) is 9.53 Å². The van der Waals surface area contributed by atoms with E-state index in [1.54, 1.807) is 29.8 Å². The molecule has 1 aliphatic heterocycles. The van der Waals surface area contributed by atoms with Gasteiger partial charge in [0.25, 0.3) is 0 Å². The zero-order valence-electron chi connectivity index (χ0n) is 12.8. The van der Waals surface area contributed by atoms with Crippen LogP contribution in [0.25, 0.3) is 0 Å². The van der Waals surface area contributed by atoms with Crippen molar-refractivity contribution in [1.29, 1.82) is 0 Å². The monoisotopic (exact) mass is 364 g/mol. The van der Waals surface area contributed by atoms with E-state index < -0.39 is 12.0 Å². The number of halogens is 2. The number of hydrogen-bond donors (Lipinski definition) is 1. The number of aromatic nitrogens is 3. The average Bonchev–Trinajstić information content (AvgIpc) is 2.99. The standard InChI is InChI=1S/C16H14Cl2N4O2/c1-3-6-24-15(23)13-9(2)21-16-19-8-20-22(16)14(13)11-5-4-10(17)7-12(11)18/h3-5,7-8,14H,1,6H2,2H3,(H,19,20,21)/t14-/m0/s1. The van der Waals surface area contributed by atoms with Gasteiger partial charge in [-0.2, -0.15) is 10.1 Å². The fourth-order valence-electron chi connectivity index (χ4n) is 2.58. The van der Waals surface area contributed by atoms with Gasteiger partial charge in [0.15, 0.2) is 0 Å². The molecule has 124 valence electrons. The molecular formula is C16H14Cl2N4O2. The normalized spacial score (nSPS) is 16.4. The first kappa shape index (κ1) is 16.5. The summed E-state index contributed by atoms with van der Waals surface area (Å²) in [6, 6.07) is 4.54. The smallest absolute Gasteiger partial charge is 0.338 e. The van der Waals surface area contributed by atoms with E-state index in [1.807, 2.05) is 0 Å². The highest BCUT2D eigenvalue weighted by atomic mass is 35.5. The molecule has 1 N–H and O–H groups in total. The Morgan fingerprint density at radius 3 is 3.00 bits per heavy atom. The lowest BCUT2D eigenvalue weighted by atomic mass is 9.96. The highest BCUT2D eigenvalue weighted by Crippen LogP contribution is 2.38. The molecule has 3 rings (SSSR count). The van der Waals surface area contributed by atoms with Crippen molar-refractivity contribution in [3.05, 3.63) is 64.1 Å². The molecule has 1 aromatic heterocycles. The van der Waals surface area contributed by atoms with Gasteiger partial charge in [0.1, 0.15) is 19.0 Å². The van der Waals surface area contributed by atoms with Crippen LogP contribution >= 0.6 is 23.2 Å². The summed E-state index contributed by atoms with van der Waals surface area (Å²) in [7, 11) is 0. The molecule has 1 atom stereocenters. The van der Waals surface area contributed by atoms with Gasteiger partial charge in [-0.15, -0.1) is 0 Å². The largest absolute Gasteiger partial charge is 0.458 e. The van der Waals surface area contributed by atoms with Crippen molar-refractivity contribution in [2.24, 2.45) is 0 Å². The molecule has 0 amide bonds. The lowest BCUT2D eigenvalue weighted by molar-refractivity contribution is -0.138. The van der Waals surface area contributed by atoms with Crippen LogP contribution in [0.2, 0.25) is 10.0 Å². The second-order valence-corrected chi connectivity index (χ2v) is 5.99. The van der Waals surface area contributed by atoms with Crippen LogP contribution in [0.1, 0.15) is 18.5 Å². The molecule has 0 radical (unpaired) electrons. The Labute approximate surface area is 148 Å². The fourth-order valence-corrected chi connectivity index (χ4v) is 3.09. The summed E-state index contributed by atoms with van der Waals surface area (Å²) in [6.45, 7) is 5.44. The summed E-state index contributed by atoms with van der Waals surface area (Å²) >= 11 is 12.3. The van der Waals surface area contributed by atoms with E-state index in [2.05, 4.69) is 22.0 Å². The lowest BCUT2D eigenvalue weighted by Gasteiger charge is -2.28. The van der Waals surface area contributed by atoms with Crippen molar-refractivity contribution in [3.63, 3.8) is 0 Å². The second kappa shape index (κ2) is 6.67. The van der Waals surface area contributed by atoms with Crippen LogP contribution in [-0.4, -0.2) is 27.3 Å². The third-order valence-corrected chi connectivity index (χ3v) is 4.17. The Morgan fingerprint density at radius 1 is 1.50 bits per heavy atom. The minimum atomic E-state index is -0.564. The topological polar surface area (TPSA) is 69.0 Å². The number of fused-ring (bicyclic) bond motifs is 1. The van der Waals surface area contributed by atoms with Crippen molar-refractivity contribution in [2.45, 2.75) is 13.0 Å². The molecule has 0 fully saturated rings. The van der Waals surface area contributed by atoms with E-state index in [1.165, 1.54) is 12.4 Å². The summed E-state index contributed by atoms with van der Waals surface area (Å²) < 4.78 is 6.81. The lowest BCUT2D eigenvalue weighted by Crippen LogP contribution is -2.29. The summed E-state index contributed by atoms with van der Waals surface area (Å²) in [5.74, 6) is 0.0425. The molecule has 2 heterocycles. The van der Waals surface area contributed by atoms with E-state index >= 15 is 0 Å². The van der Waals surface area contributed by atoms with Gasteiger partial charge in [-0.25, -0.2) is 9.48 Å². The van der Waals surface area contributed by atoms with Gasteiger partial charge in [-0.3, -0.25) is 0 Å². The van der Waals surface area contributed by atoms with Gasteiger partial charge in [0, 0.05) is 21.3 Å². The first-order valence-corrected chi connectivity index (χ1v) is 7.88. The number of nitrogens with one attached hydrogen (secondary N) is 1. The van der Waals surface area contributed by atoms with Crippen molar-refractivity contribution in [1.82, 2.24) is 14.8 Å². The van der Waals surface area contributed by atoms with Crippen LogP contribution in [0.5, 0.6) is 0 Å². The van der Waals surface area contributed by atoms with Crippen molar-refractivity contribution >= 4 is 35.1 Å². The van der Waals surface area contributed by atoms with Gasteiger partial charge in [-0.1, -0.05) is 41.9 Å². The molecule has 0 saturated carbocycles. The number of allylic oxidation sites excluding steroid dienone is 1. The molecule has 2 aromatic rings. The minimum Gasteiger partial charge on any atom is -0.458 e. The maximum absolute atomic E-state index is 12.6. The minimum absolute atomic E-state index is 0.112. The molecule has 8 heteroatoms. The quantitative estimate of drug-likeness (QED) is 0.662. The fraction of sp³-hybridized carbons (Fsp3) is 0.188. The van der Waals surface area contributed by atoms with Crippen LogP contribution in [0, 0.1) is 0 Å². The predicted molar refractivity (Wildman–Crippen MR) is 92.1 cm³/mol. The van der Waals surface area contributed by atoms with E-state index in [0.717, 1.165) is 0 Å². The first-order chi connectivity index (χ1) is 11.5. The van der Waals surface area contributed by atoms with Crippen molar-refractivity contribution in [3.8, 4) is 0 Å². The molecule has 0 saturated heterocycles. The maximum Gasteiger partial charge on any atom is 0.338 e. The Morgan fingerprint density at radius 2 is 2.29 bits per heavy atom. The van der Waals surface area contributed by atoms with Gasteiger partial charge >= 0.3 is 5.97 Å². The summed E-state index contributed by atoms with van der Waals surface area (Å²) in [4.78, 5) is 16.7. The first-order valence-electron chi connectivity index (χ1n) is 7.13. The number of nitrogens with zero attached hydrogens (tertiary/aromatic N) is 3. The maximum atomic E-state index is 12.6. The molecule has 1 aliphatic rings. The van der Waals surface area contributed by atoms with E-state index in [4.69, 9.17) is 27.9 Å². The third-order valence-electron chi connectivity index (χ3n) is 3.60. The number of anilines is 1. The second-order valence-electron chi connectivity index (χ2n) is 5.15. The molecule has 24 heavy (non-hydrogen) atoms. The number of esters is 1. The molecule has 0 aliphatic carbocycles. The molecule has 1 aromatic carbocycles. The van der Waals surface area contributed by atoms with Crippen molar-refractivity contribution in [2.75, 3.05) is 11.9 Å². The zero-order valence-corrected chi connectivity index (χ0v) is 14.3. The average molecular weight is 365 g/mol. The highest BCUT2D eigenvalue weighted by molar-refractivity contribution is 6.35. The van der Waals surface area contributed by atoms with Gasteiger partial charge in [0.05, 0.1) is 5.57 Å². The van der Waals surface area contributed by atoms with Crippen LogP contribution in [0.15, 0.2) is 48.5 Å². The molecule has 0 unspecified atom stereocenters. The number of ether oxygens (including phenoxy) is 1. The summed E-state index contributed by atoms with van der Waals surface area (Å²) in [5.41, 5.74) is 1.71. The Hall–Kier alpha value is -2.31. The highest BCUT2D eigenvalue weighted by Gasteiger charge is 2.35. The van der Waals surface area contributed by atoms with Crippen LogP contribution < -0.4 is 5.32 Å². The number of benzene rings is 1. The summed E-state index contributed by atoms with van der Waals surface area (Å²) in [5, 5.41) is 8.20. The number of carbonyl (C=O) groups excluding carboxylic acids is 1. The molecule has 6 nitrogen and oxygen atoms in total. The van der Waals surface area contributed by atoms with Crippen LogP contribution in [0.3, 0.4) is 0 Å². The number of rotatable bonds is 4. The molecule has 0 bridgehead atoms. The van der Waals surface area contributed by atoms with Gasteiger partial charge < -0.3 is 10.1 Å². The molecule has 0 spiro atoms. The predicted octanol–water partition coefficient (Wildman–Crippen LogP) is 3.60. The molecular weight excluding hydrogens is 351 g/mol. The van der Waals surface area contributed by atoms with Gasteiger partial charge in [0.2, 0.25) is 5.95 Å². The Balaban J connectivity index is 2.14. The van der Waals surface area contributed by atoms with E-state index in [9.17, 15) is 4.79 Å². The van der Waals surface area contributed by atoms with Crippen molar-refractivity contribution < 1.29 is 9.53 Å². The number of hydrogen-bond acceptors (Lipinski definition) is 5.